The van der Waals surface area contributed by atoms with Crippen molar-refractivity contribution in [2.24, 2.45) is 28.9 Å². The molecule has 0 aromatic carbocycles. The molecule has 1 aliphatic rings. The number of Topliss-reactive ketones (excluding diaryl/α,β-unsaturated/α-hetero) is 1. The highest BCUT2D eigenvalue weighted by Crippen LogP contribution is 2.34. The van der Waals surface area contributed by atoms with Gasteiger partial charge in [0.1, 0.15) is 11.9 Å². The van der Waals surface area contributed by atoms with E-state index in [1.165, 1.54) is 0 Å². The average Bonchev–Trinajstić information content (AvgIpc) is 3.31. The second-order valence-corrected chi connectivity index (χ2v) is 14.1. The Balaban J connectivity index is 2.34. The number of rotatable bonds is 8. The fraction of sp³-hybridized carbons (Fsp3) is 0.758. The summed E-state index contributed by atoms with van der Waals surface area (Å²) in [5.41, 5.74) is 6.54. The third kappa shape index (κ3) is 12.0. The van der Waals surface area contributed by atoms with Crippen molar-refractivity contribution < 1.29 is 19.1 Å². The molecule has 1 aliphatic heterocycles. The molecule has 0 saturated carbocycles. The Morgan fingerprint density at radius 2 is 1.83 bits per heavy atom. The summed E-state index contributed by atoms with van der Waals surface area (Å²) in [6, 6.07) is -0.163. The lowest BCUT2D eigenvalue weighted by Gasteiger charge is -2.35. The minimum absolute atomic E-state index is 0.0464. The molecule has 1 fully saturated rings. The van der Waals surface area contributed by atoms with Crippen molar-refractivity contribution in [3.8, 4) is 0 Å². The van der Waals surface area contributed by atoms with E-state index < -0.39 is 11.5 Å². The molecule has 1 aromatic rings. The smallest absolute Gasteiger partial charge is 0.306 e. The van der Waals surface area contributed by atoms with Gasteiger partial charge in [0.15, 0.2) is 0 Å². The van der Waals surface area contributed by atoms with E-state index in [0.29, 0.717) is 24.8 Å². The predicted molar refractivity (Wildman–Crippen MR) is 168 cm³/mol. The minimum atomic E-state index is -0.993. The molecule has 1 amide bonds. The molecule has 5 atom stereocenters. The fourth-order valence-electron chi connectivity index (χ4n) is 5.90. The molecule has 0 spiro atoms. The summed E-state index contributed by atoms with van der Waals surface area (Å²) in [4.78, 5) is 44.8. The van der Waals surface area contributed by atoms with Crippen molar-refractivity contribution in [2.75, 3.05) is 6.54 Å². The molecule has 232 valence electrons. The quantitative estimate of drug-likeness (QED) is 0.249. The Morgan fingerprint density at radius 3 is 2.49 bits per heavy atom. The Morgan fingerprint density at radius 1 is 1.12 bits per heavy atom. The first-order valence-corrected chi connectivity index (χ1v) is 16.5. The predicted octanol–water partition coefficient (Wildman–Crippen LogP) is 7.02. The van der Waals surface area contributed by atoms with Gasteiger partial charge in [-0.2, -0.15) is 0 Å². The van der Waals surface area contributed by atoms with Gasteiger partial charge in [0, 0.05) is 17.7 Å². The van der Waals surface area contributed by atoms with Crippen molar-refractivity contribution in [1.82, 2.24) is 10.3 Å². The van der Waals surface area contributed by atoms with Crippen LogP contribution in [0.3, 0.4) is 0 Å². The fourth-order valence-corrected chi connectivity index (χ4v) is 6.47. The molecule has 2 rings (SSSR count). The summed E-state index contributed by atoms with van der Waals surface area (Å²) in [5.74, 6) is 0.256. The number of unbranched alkanes of at least 4 members (excludes halogenated alkanes) is 2. The van der Waals surface area contributed by atoms with Crippen LogP contribution in [-0.2, 0) is 19.1 Å². The third-order valence-electron chi connectivity index (χ3n) is 8.61. The molecule has 2 heterocycles. The van der Waals surface area contributed by atoms with Crippen LogP contribution in [0.2, 0.25) is 0 Å². The van der Waals surface area contributed by atoms with Gasteiger partial charge in [0.2, 0.25) is 5.91 Å². The van der Waals surface area contributed by atoms with Crippen LogP contribution in [0, 0.1) is 30.1 Å². The van der Waals surface area contributed by atoms with Crippen molar-refractivity contribution >= 4 is 35.1 Å². The zero-order valence-electron chi connectivity index (χ0n) is 26.6. The van der Waals surface area contributed by atoms with Crippen molar-refractivity contribution in [2.45, 2.75) is 131 Å². The minimum Gasteiger partial charge on any atom is -0.461 e. The van der Waals surface area contributed by atoms with E-state index >= 15 is 0 Å². The van der Waals surface area contributed by atoms with Crippen LogP contribution in [0.25, 0.3) is 6.08 Å². The largest absolute Gasteiger partial charge is 0.461 e. The summed E-state index contributed by atoms with van der Waals surface area (Å²) in [5, 5.41) is 6.26. The van der Waals surface area contributed by atoms with Gasteiger partial charge in [-0.3, -0.25) is 14.4 Å². The monoisotopic (exact) mass is 589 g/mol. The van der Waals surface area contributed by atoms with E-state index in [2.05, 4.69) is 24.1 Å². The number of carbonyl (C=O) groups is 3. The molecule has 8 heteroatoms. The summed E-state index contributed by atoms with van der Waals surface area (Å²) in [6.45, 7) is 14.8. The SMILES string of the molecule is C/C(=C\c1csc(C)n1)[C@@H]1CC[C@@H](C)CCC[C@H](C)C[C@@H](C)C(=O)C(C)(C)[C@@H](OC(=O)CCCCCN)CC(=O)N1. The van der Waals surface area contributed by atoms with Crippen molar-refractivity contribution in [1.29, 1.82) is 0 Å². The van der Waals surface area contributed by atoms with Crippen LogP contribution >= 0.6 is 11.3 Å². The van der Waals surface area contributed by atoms with E-state index in [0.717, 1.165) is 67.6 Å². The number of thiazole rings is 1. The summed E-state index contributed by atoms with van der Waals surface area (Å²) >= 11 is 1.61. The molecule has 1 saturated heterocycles. The summed E-state index contributed by atoms with van der Waals surface area (Å²) in [6.07, 6.45) is 9.76. The number of aromatic nitrogens is 1. The molecular weight excluding hydrogens is 534 g/mol. The van der Waals surface area contributed by atoms with Crippen LogP contribution in [0.15, 0.2) is 11.0 Å². The Kier molecular flexibility index (Phi) is 14.7. The summed E-state index contributed by atoms with van der Waals surface area (Å²) < 4.78 is 5.94. The zero-order valence-corrected chi connectivity index (χ0v) is 27.4. The molecule has 1 aromatic heterocycles. The molecule has 7 nitrogen and oxygen atoms in total. The van der Waals surface area contributed by atoms with Gasteiger partial charge in [0.05, 0.1) is 28.6 Å². The van der Waals surface area contributed by atoms with Crippen molar-refractivity contribution in [3.05, 3.63) is 21.7 Å². The Labute approximate surface area is 252 Å². The van der Waals surface area contributed by atoms with Crippen LogP contribution in [-0.4, -0.2) is 41.3 Å². The van der Waals surface area contributed by atoms with Crippen LogP contribution in [0.1, 0.15) is 123 Å². The first-order valence-electron chi connectivity index (χ1n) is 15.7. The topological polar surface area (TPSA) is 111 Å². The molecule has 0 bridgehead atoms. The maximum atomic E-state index is 13.8. The van der Waals surface area contributed by atoms with E-state index in [9.17, 15) is 14.4 Å². The van der Waals surface area contributed by atoms with E-state index in [1.807, 2.05) is 46.1 Å². The number of nitrogens with one attached hydrogen (secondary N) is 1. The number of ketones is 1. The van der Waals surface area contributed by atoms with E-state index in [4.69, 9.17) is 10.5 Å². The van der Waals surface area contributed by atoms with Crippen LogP contribution < -0.4 is 11.1 Å². The standard InChI is InChI=1S/C33H55N3O4S/c1-22-12-11-13-23(2)18-25(4)32(39)33(6,7)29(40-31(38)14-9-8-10-17-34)20-30(37)36-28(16-15-22)24(3)19-27-21-41-26(5)35-27/h19,21-23,25,28-29H,8-18,20,34H2,1-7H3,(H,36,37)/b24-19+/t22-,23-,25+,28-,29-/m0/s1. The van der Waals surface area contributed by atoms with Gasteiger partial charge >= 0.3 is 5.97 Å². The van der Waals surface area contributed by atoms with Gasteiger partial charge in [0.25, 0.3) is 0 Å². The van der Waals surface area contributed by atoms with Gasteiger partial charge < -0.3 is 15.8 Å². The molecular formula is C33H55N3O4S. The van der Waals surface area contributed by atoms with Crippen molar-refractivity contribution in [3.63, 3.8) is 0 Å². The van der Waals surface area contributed by atoms with Gasteiger partial charge in [-0.15, -0.1) is 11.3 Å². The lowest BCUT2D eigenvalue weighted by atomic mass is 9.73. The normalized spacial score (nSPS) is 27.3. The maximum Gasteiger partial charge on any atom is 0.306 e. The first-order chi connectivity index (χ1) is 19.3. The zero-order chi connectivity index (χ0) is 30.6. The highest BCUT2D eigenvalue weighted by molar-refractivity contribution is 7.09. The first kappa shape index (κ1) is 35.1. The van der Waals surface area contributed by atoms with Crippen LogP contribution in [0.4, 0.5) is 0 Å². The number of nitrogens with two attached hydrogens (primary N) is 1. The third-order valence-corrected chi connectivity index (χ3v) is 9.40. The number of carbonyl (C=O) groups excluding carboxylic acids is 3. The van der Waals surface area contributed by atoms with E-state index in [-0.39, 0.29) is 42.5 Å². The number of ether oxygens (including phenoxy) is 1. The molecule has 0 unspecified atom stereocenters. The number of aryl methyl sites for hydroxylation is 1. The molecule has 0 aliphatic carbocycles. The maximum absolute atomic E-state index is 13.8. The summed E-state index contributed by atoms with van der Waals surface area (Å²) in [7, 11) is 0. The molecule has 41 heavy (non-hydrogen) atoms. The molecule has 0 radical (unpaired) electrons. The Bertz CT molecular complexity index is 1020. The lowest BCUT2D eigenvalue weighted by molar-refractivity contribution is -0.161. The van der Waals surface area contributed by atoms with Crippen LogP contribution in [0.5, 0.6) is 0 Å². The number of hydrogen-bond acceptors (Lipinski definition) is 7. The number of esters is 1. The Hall–Kier alpha value is -2.06. The average molecular weight is 590 g/mol. The second-order valence-electron chi connectivity index (χ2n) is 13.0. The highest BCUT2D eigenvalue weighted by atomic mass is 32.1. The van der Waals surface area contributed by atoms with Gasteiger partial charge in [-0.1, -0.05) is 46.5 Å². The van der Waals surface area contributed by atoms with E-state index in [1.54, 1.807) is 11.3 Å². The van der Waals surface area contributed by atoms with Gasteiger partial charge in [-0.05, 0) is 89.8 Å². The number of hydrogen-bond donors (Lipinski definition) is 2. The number of nitrogens with zero attached hydrogens (tertiary/aromatic N) is 1. The number of amides is 1. The highest BCUT2D eigenvalue weighted by Gasteiger charge is 2.42. The molecule has 3 N–H and O–H groups in total. The van der Waals surface area contributed by atoms with Gasteiger partial charge in [-0.25, -0.2) is 4.98 Å². The lowest BCUT2D eigenvalue weighted by Crippen LogP contribution is -2.47. The second kappa shape index (κ2) is 17.2.